The summed E-state index contributed by atoms with van der Waals surface area (Å²) in [4.78, 5) is 16.8. The predicted molar refractivity (Wildman–Crippen MR) is 118 cm³/mol. The van der Waals surface area contributed by atoms with Gasteiger partial charge in [-0.15, -0.1) is 0 Å². The van der Waals surface area contributed by atoms with Gasteiger partial charge < -0.3 is 20.8 Å². The fraction of sp³-hybridized carbons (Fsp3) is 0.348. The summed E-state index contributed by atoms with van der Waals surface area (Å²) < 4.78 is 0. The lowest BCUT2D eigenvalue weighted by atomic mass is 9.68. The number of amides is 1. The summed E-state index contributed by atoms with van der Waals surface area (Å²) in [6, 6.07) is 14.6. The van der Waals surface area contributed by atoms with Crippen LogP contribution in [0.2, 0.25) is 0 Å². The van der Waals surface area contributed by atoms with Crippen LogP contribution < -0.4 is 16.0 Å². The van der Waals surface area contributed by atoms with Crippen molar-refractivity contribution in [3.8, 4) is 17.7 Å². The Hall–Kier alpha value is -3.73. The molecular formula is C23H27N5O3. The van der Waals surface area contributed by atoms with Gasteiger partial charge in [-0.1, -0.05) is 36.4 Å². The number of carbonyl (C=O) groups excluding carboxylic acids is 1. The molecule has 0 atom stereocenters. The second-order valence-electron chi connectivity index (χ2n) is 7.73. The maximum atomic E-state index is 12.7. The number of hydrogen-bond acceptors (Lipinski definition) is 5. The van der Waals surface area contributed by atoms with E-state index >= 15 is 0 Å². The average molecular weight is 422 g/mol. The SMILES string of the molecule is CN=C(NC#N)NC1CCC(CNC(=O)c2cccc(O)c2O)(c2ccccc2)CC1. The van der Waals surface area contributed by atoms with E-state index in [1.165, 1.54) is 18.2 Å². The van der Waals surface area contributed by atoms with E-state index in [1.54, 1.807) is 7.05 Å². The highest BCUT2D eigenvalue weighted by molar-refractivity contribution is 5.97. The van der Waals surface area contributed by atoms with Crippen LogP contribution in [0.5, 0.6) is 11.5 Å². The van der Waals surface area contributed by atoms with E-state index in [4.69, 9.17) is 5.26 Å². The zero-order chi connectivity index (χ0) is 22.3. The van der Waals surface area contributed by atoms with Gasteiger partial charge in [0.25, 0.3) is 5.91 Å². The molecule has 0 aromatic heterocycles. The van der Waals surface area contributed by atoms with Gasteiger partial charge in [-0.25, -0.2) is 0 Å². The summed E-state index contributed by atoms with van der Waals surface area (Å²) in [6.07, 6.45) is 5.21. The van der Waals surface area contributed by atoms with Crippen molar-refractivity contribution in [2.45, 2.75) is 37.1 Å². The van der Waals surface area contributed by atoms with Crippen LogP contribution in [0.25, 0.3) is 0 Å². The van der Waals surface area contributed by atoms with Crippen LogP contribution in [0.1, 0.15) is 41.6 Å². The van der Waals surface area contributed by atoms with Gasteiger partial charge in [-0.2, -0.15) is 5.26 Å². The Labute approximate surface area is 181 Å². The molecule has 0 unspecified atom stereocenters. The van der Waals surface area contributed by atoms with Gasteiger partial charge in [0, 0.05) is 25.0 Å². The minimum Gasteiger partial charge on any atom is -0.504 e. The van der Waals surface area contributed by atoms with Crippen molar-refractivity contribution < 1.29 is 15.0 Å². The van der Waals surface area contributed by atoms with E-state index in [0.717, 1.165) is 31.2 Å². The highest BCUT2D eigenvalue weighted by Crippen LogP contribution is 2.39. The second-order valence-corrected chi connectivity index (χ2v) is 7.73. The van der Waals surface area contributed by atoms with Crippen LogP contribution in [-0.2, 0) is 5.41 Å². The summed E-state index contributed by atoms with van der Waals surface area (Å²) in [7, 11) is 1.62. The molecule has 2 aromatic carbocycles. The number of nitrogens with one attached hydrogen (secondary N) is 3. The number of carbonyl (C=O) groups is 1. The van der Waals surface area contributed by atoms with E-state index < -0.39 is 11.7 Å². The number of rotatable bonds is 5. The van der Waals surface area contributed by atoms with Gasteiger partial charge in [-0.05, 0) is 43.4 Å². The summed E-state index contributed by atoms with van der Waals surface area (Å²) in [5.41, 5.74) is 0.937. The maximum absolute atomic E-state index is 12.7. The Morgan fingerprint density at radius 2 is 1.87 bits per heavy atom. The normalized spacial score (nSPS) is 21.0. The van der Waals surface area contributed by atoms with Crippen molar-refractivity contribution in [2.24, 2.45) is 4.99 Å². The molecule has 0 bridgehead atoms. The van der Waals surface area contributed by atoms with Crippen molar-refractivity contribution in [2.75, 3.05) is 13.6 Å². The number of aromatic hydroxyl groups is 2. The summed E-state index contributed by atoms with van der Waals surface area (Å²) in [5, 5.41) is 37.3. The topological polar surface area (TPSA) is 130 Å². The lowest BCUT2D eigenvalue weighted by Crippen LogP contribution is -2.49. The van der Waals surface area contributed by atoms with Gasteiger partial charge in [-0.3, -0.25) is 15.1 Å². The van der Waals surface area contributed by atoms with Gasteiger partial charge in [0.1, 0.15) is 0 Å². The van der Waals surface area contributed by atoms with Gasteiger partial charge in [0.2, 0.25) is 5.96 Å². The van der Waals surface area contributed by atoms with E-state index in [9.17, 15) is 15.0 Å². The van der Waals surface area contributed by atoms with Gasteiger partial charge in [0.15, 0.2) is 17.7 Å². The fourth-order valence-electron chi connectivity index (χ4n) is 4.14. The Kier molecular flexibility index (Phi) is 6.98. The molecule has 1 fully saturated rings. The first-order chi connectivity index (χ1) is 15.0. The molecule has 0 heterocycles. The number of aliphatic imine (C=N–C) groups is 1. The largest absolute Gasteiger partial charge is 0.504 e. The Balaban J connectivity index is 1.74. The molecule has 162 valence electrons. The molecular weight excluding hydrogens is 394 g/mol. The Morgan fingerprint density at radius 1 is 1.16 bits per heavy atom. The number of hydrogen-bond donors (Lipinski definition) is 5. The molecule has 1 saturated carbocycles. The van der Waals surface area contributed by atoms with Crippen molar-refractivity contribution in [3.63, 3.8) is 0 Å². The van der Waals surface area contributed by atoms with Crippen LogP contribution in [0.3, 0.4) is 0 Å². The third-order valence-electron chi connectivity index (χ3n) is 5.91. The first-order valence-corrected chi connectivity index (χ1v) is 10.2. The van der Waals surface area contributed by atoms with E-state index in [2.05, 4.69) is 33.1 Å². The van der Waals surface area contributed by atoms with Crippen molar-refractivity contribution in [1.29, 1.82) is 5.26 Å². The van der Waals surface area contributed by atoms with Gasteiger partial charge >= 0.3 is 0 Å². The summed E-state index contributed by atoms with van der Waals surface area (Å²) >= 11 is 0. The molecule has 2 aromatic rings. The summed E-state index contributed by atoms with van der Waals surface area (Å²) in [5.74, 6) is -0.718. The molecule has 1 amide bonds. The zero-order valence-electron chi connectivity index (χ0n) is 17.4. The molecule has 0 radical (unpaired) electrons. The van der Waals surface area contributed by atoms with Crippen LogP contribution in [0, 0.1) is 11.5 Å². The molecule has 0 spiro atoms. The zero-order valence-corrected chi connectivity index (χ0v) is 17.4. The number of para-hydroxylation sites is 1. The number of benzene rings is 2. The highest BCUT2D eigenvalue weighted by Gasteiger charge is 2.37. The molecule has 5 N–H and O–H groups in total. The molecule has 3 rings (SSSR count). The molecule has 1 aliphatic carbocycles. The monoisotopic (exact) mass is 421 g/mol. The molecule has 8 heteroatoms. The minimum atomic E-state index is -0.428. The average Bonchev–Trinajstić information content (AvgIpc) is 2.80. The lowest BCUT2D eigenvalue weighted by Gasteiger charge is -2.41. The van der Waals surface area contributed by atoms with Crippen LogP contribution in [-0.4, -0.2) is 41.7 Å². The lowest BCUT2D eigenvalue weighted by molar-refractivity contribution is 0.0931. The number of phenols is 2. The second kappa shape index (κ2) is 9.85. The number of guanidine groups is 1. The van der Waals surface area contributed by atoms with Crippen molar-refractivity contribution in [3.05, 3.63) is 59.7 Å². The van der Waals surface area contributed by atoms with E-state index in [-0.39, 0.29) is 22.8 Å². The third kappa shape index (κ3) is 5.07. The van der Waals surface area contributed by atoms with Crippen molar-refractivity contribution in [1.82, 2.24) is 16.0 Å². The predicted octanol–water partition coefficient (Wildman–Crippen LogP) is 2.35. The molecule has 0 aliphatic heterocycles. The quantitative estimate of drug-likeness (QED) is 0.166. The first kappa shape index (κ1) is 22.0. The number of phenolic OH excluding ortho intramolecular Hbond substituents is 2. The van der Waals surface area contributed by atoms with Crippen LogP contribution >= 0.6 is 0 Å². The van der Waals surface area contributed by atoms with Crippen LogP contribution in [0.4, 0.5) is 0 Å². The van der Waals surface area contributed by atoms with E-state index in [0.29, 0.717) is 12.5 Å². The Bertz CT molecular complexity index is 976. The first-order valence-electron chi connectivity index (χ1n) is 10.2. The molecule has 8 nitrogen and oxygen atoms in total. The third-order valence-corrected chi connectivity index (χ3v) is 5.91. The summed E-state index contributed by atoms with van der Waals surface area (Å²) in [6.45, 7) is 0.406. The highest BCUT2D eigenvalue weighted by atomic mass is 16.3. The van der Waals surface area contributed by atoms with E-state index in [1.807, 2.05) is 24.4 Å². The molecule has 0 saturated heterocycles. The van der Waals surface area contributed by atoms with Crippen molar-refractivity contribution >= 4 is 11.9 Å². The van der Waals surface area contributed by atoms with Gasteiger partial charge in [0.05, 0.1) is 5.56 Å². The minimum absolute atomic E-state index is 0.0462. The maximum Gasteiger partial charge on any atom is 0.255 e. The molecule has 1 aliphatic rings. The molecule has 31 heavy (non-hydrogen) atoms. The standard InChI is InChI=1S/C23H27N5O3/c1-25-22(27-15-24)28-17-10-12-23(13-11-17,16-6-3-2-4-7-16)14-26-21(31)18-8-5-9-19(29)20(18)30/h2-9,17,29-30H,10-14H2,1H3,(H,26,31)(H2,25,27,28). The van der Waals surface area contributed by atoms with Crippen LogP contribution in [0.15, 0.2) is 53.5 Å². The number of nitriles is 1. The fourth-order valence-corrected chi connectivity index (χ4v) is 4.14. The smallest absolute Gasteiger partial charge is 0.255 e. The number of nitrogens with zero attached hydrogens (tertiary/aromatic N) is 2. The Morgan fingerprint density at radius 3 is 2.52 bits per heavy atom.